The number of pyridine rings is 1. The normalized spacial score (nSPS) is 14.1. The van der Waals surface area contributed by atoms with Crippen molar-refractivity contribution >= 4 is 11.5 Å². The molecule has 1 heterocycles. The van der Waals surface area contributed by atoms with Crippen molar-refractivity contribution in [2.75, 3.05) is 5.32 Å². The zero-order valence-corrected chi connectivity index (χ0v) is 10.7. The Hall–Kier alpha value is -1.83. The second-order valence-electron chi connectivity index (χ2n) is 4.99. The van der Waals surface area contributed by atoms with Gasteiger partial charge >= 0.3 is 0 Å². The van der Waals surface area contributed by atoms with Gasteiger partial charge in [-0.05, 0) is 67.5 Å². The second-order valence-corrected chi connectivity index (χ2v) is 4.99. The van der Waals surface area contributed by atoms with Gasteiger partial charge in [-0.25, -0.2) is 4.98 Å². The van der Waals surface area contributed by atoms with Crippen LogP contribution in [0.15, 0.2) is 36.5 Å². The highest BCUT2D eigenvalue weighted by molar-refractivity contribution is 5.63. The molecule has 2 heteroatoms. The van der Waals surface area contributed by atoms with Crippen molar-refractivity contribution in [1.29, 1.82) is 0 Å². The van der Waals surface area contributed by atoms with Gasteiger partial charge in [-0.2, -0.15) is 0 Å². The molecule has 3 rings (SSSR count). The van der Waals surface area contributed by atoms with Crippen LogP contribution in [-0.2, 0) is 12.8 Å². The minimum absolute atomic E-state index is 0.939. The summed E-state index contributed by atoms with van der Waals surface area (Å²) >= 11 is 0. The van der Waals surface area contributed by atoms with Gasteiger partial charge in [-0.15, -0.1) is 0 Å². The molecule has 0 spiro atoms. The average molecular weight is 238 g/mol. The van der Waals surface area contributed by atoms with Gasteiger partial charge in [0.1, 0.15) is 5.82 Å². The van der Waals surface area contributed by atoms with Gasteiger partial charge in [0.25, 0.3) is 0 Å². The smallest absolute Gasteiger partial charge is 0.130 e. The number of rotatable bonds is 2. The first-order valence-corrected chi connectivity index (χ1v) is 6.63. The number of hydrogen-bond donors (Lipinski definition) is 1. The molecule has 0 bridgehead atoms. The van der Waals surface area contributed by atoms with Gasteiger partial charge in [0.05, 0.1) is 0 Å². The minimum Gasteiger partial charge on any atom is -0.340 e. The summed E-state index contributed by atoms with van der Waals surface area (Å²) in [7, 11) is 0. The van der Waals surface area contributed by atoms with Gasteiger partial charge in [-0.1, -0.05) is 12.1 Å². The van der Waals surface area contributed by atoms with E-state index in [1.54, 1.807) is 0 Å². The van der Waals surface area contributed by atoms with Gasteiger partial charge in [-0.3, -0.25) is 0 Å². The monoisotopic (exact) mass is 238 g/mol. The summed E-state index contributed by atoms with van der Waals surface area (Å²) in [5, 5.41) is 3.46. The number of benzene rings is 1. The number of aryl methyl sites for hydroxylation is 2. The standard InChI is InChI=1S/C16H18N2/c1-12-9-10-17-16(11-12)18-15-8-4-6-13-5-2-3-7-14(13)15/h4,6,8-11H,2-3,5,7H2,1H3,(H,17,18). The summed E-state index contributed by atoms with van der Waals surface area (Å²) in [6, 6.07) is 10.7. The molecule has 0 radical (unpaired) electrons. The summed E-state index contributed by atoms with van der Waals surface area (Å²) in [4.78, 5) is 4.37. The molecular weight excluding hydrogens is 220 g/mol. The van der Waals surface area contributed by atoms with E-state index in [2.05, 4.69) is 41.5 Å². The lowest BCUT2D eigenvalue weighted by Crippen LogP contribution is -2.06. The Morgan fingerprint density at radius 2 is 2.00 bits per heavy atom. The fourth-order valence-corrected chi connectivity index (χ4v) is 2.64. The highest BCUT2D eigenvalue weighted by Gasteiger charge is 2.12. The van der Waals surface area contributed by atoms with Gasteiger partial charge in [0.15, 0.2) is 0 Å². The lowest BCUT2D eigenvalue weighted by molar-refractivity contribution is 0.687. The van der Waals surface area contributed by atoms with Crippen LogP contribution in [0.1, 0.15) is 29.5 Å². The Bertz CT molecular complexity index is 561. The van der Waals surface area contributed by atoms with Crippen molar-refractivity contribution in [1.82, 2.24) is 4.98 Å². The molecule has 0 atom stereocenters. The third-order valence-corrected chi connectivity index (χ3v) is 3.57. The van der Waals surface area contributed by atoms with Crippen molar-refractivity contribution < 1.29 is 0 Å². The van der Waals surface area contributed by atoms with Crippen molar-refractivity contribution in [3.63, 3.8) is 0 Å². The Morgan fingerprint density at radius 3 is 2.89 bits per heavy atom. The predicted octanol–water partition coefficient (Wildman–Crippen LogP) is 4.01. The van der Waals surface area contributed by atoms with E-state index in [1.165, 1.54) is 48.1 Å². The van der Waals surface area contributed by atoms with Crippen LogP contribution in [0.4, 0.5) is 11.5 Å². The Morgan fingerprint density at radius 1 is 1.11 bits per heavy atom. The quantitative estimate of drug-likeness (QED) is 0.855. The maximum Gasteiger partial charge on any atom is 0.130 e. The van der Waals surface area contributed by atoms with Crippen molar-refractivity contribution in [2.24, 2.45) is 0 Å². The molecule has 1 aliphatic carbocycles. The predicted molar refractivity (Wildman–Crippen MR) is 75.3 cm³/mol. The van der Waals surface area contributed by atoms with Crippen LogP contribution in [0.5, 0.6) is 0 Å². The topological polar surface area (TPSA) is 24.9 Å². The van der Waals surface area contributed by atoms with E-state index in [1.807, 2.05) is 12.3 Å². The number of nitrogens with one attached hydrogen (secondary N) is 1. The summed E-state index contributed by atoms with van der Waals surface area (Å²) in [5.74, 6) is 0.939. The van der Waals surface area contributed by atoms with Crippen LogP contribution >= 0.6 is 0 Å². The van der Waals surface area contributed by atoms with Gasteiger partial charge < -0.3 is 5.32 Å². The highest BCUT2D eigenvalue weighted by atomic mass is 15.0. The molecule has 2 nitrogen and oxygen atoms in total. The molecule has 1 aromatic heterocycles. The van der Waals surface area contributed by atoms with E-state index >= 15 is 0 Å². The zero-order valence-electron chi connectivity index (χ0n) is 10.7. The maximum atomic E-state index is 4.37. The molecule has 0 fully saturated rings. The van der Waals surface area contributed by atoms with Crippen LogP contribution < -0.4 is 5.32 Å². The van der Waals surface area contributed by atoms with Crippen LogP contribution in [0.2, 0.25) is 0 Å². The molecule has 0 amide bonds. The molecule has 1 N–H and O–H groups in total. The third kappa shape index (κ3) is 2.23. The van der Waals surface area contributed by atoms with E-state index < -0.39 is 0 Å². The molecule has 18 heavy (non-hydrogen) atoms. The van der Waals surface area contributed by atoms with E-state index in [9.17, 15) is 0 Å². The molecule has 0 unspecified atom stereocenters. The summed E-state index contributed by atoms with van der Waals surface area (Å²) < 4.78 is 0. The molecule has 92 valence electrons. The first kappa shape index (κ1) is 11.3. The lowest BCUT2D eigenvalue weighted by atomic mass is 9.90. The summed E-state index contributed by atoms with van der Waals surface area (Å²) in [6.07, 6.45) is 6.87. The lowest BCUT2D eigenvalue weighted by Gasteiger charge is -2.19. The average Bonchev–Trinajstić information content (AvgIpc) is 2.39. The Kier molecular flexibility index (Phi) is 3.01. The van der Waals surface area contributed by atoms with E-state index in [-0.39, 0.29) is 0 Å². The van der Waals surface area contributed by atoms with E-state index in [0.717, 1.165) is 5.82 Å². The first-order valence-electron chi connectivity index (χ1n) is 6.63. The largest absolute Gasteiger partial charge is 0.340 e. The fourth-order valence-electron chi connectivity index (χ4n) is 2.64. The van der Waals surface area contributed by atoms with Crippen LogP contribution in [-0.4, -0.2) is 4.98 Å². The minimum atomic E-state index is 0.939. The van der Waals surface area contributed by atoms with Crippen LogP contribution in [0.3, 0.4) is 0 Å². The first-order chi connectivity index (χ1) is 8.83. The van der Waals surface area contributed by atoms with Crippen molar-refractivity contribution in [3.8, 4) is 0 Å². The van der Waals surface area contributed by atoms with Gasteiger partial charge in [0, 0.05) is 11.9 Å². The van der Waals surface area contributed by atoms with E-state index in [0.29, 0.717) is 0 Å². The molecule has 0 saturated carbocycles. The van der Waals surface area contributed by atoms with E-state index in [4.69, 9.17) is 0 Å². The number of fused-ring (bicyclic) bond motifs is 1. The highest BCUT2D eigenvalue weighted by Crippen LogP contribution is 2.29. The maximum absolute atomic E-state index is 4.37. The van der Waals surface area contributed by atoms with Crippen LogP contribution in [0, 0.1) is 6.92 Å². The third-order valence-electron chi connectivity index (χ3n) is 3.57. The van der Waals surface area contributed by atoms with Crippen molar-refractivity contribution in [2.45, 2.75) is 32.6 Å². The number of nitrogens with zero attached hydrogens (tertiary/aromatic N) is 1. The zero-order chi connectivity index (χ0) is 12.4. The Labute approximate surface area is 108 Å². The molecule has 1 aliphatic rings. The Balaban J connectivity index is 1.93. The number of aromatic nitrogens is 1. The molecule has 0 aliphatic heterocycles. The molecular formula is C16H18N2. The summed E-state index contributed by atoms with van der Waals surface area (Å²) in [5.41, 5.74) is 5.44. The molecule has 1 aromatic carbocycles. The SMILES string of the molecule is Cc1ccnc(Nc2cccc3c2CCCC3)c1. The fraction of sp³-hybridized carbons (Fsp3) is 0.312. The van der Waals surface area contributed by atoms with Crippen molar-refractivity contribution in [3.05, 3.63) is 53.2 Å². The molecule has 2 aromatic rings. The number of hydrogen-bond acceptors (Lipinski definition) is 2. The number of anilines is 2. The second kappa shape index (κ2) is 4.81. The molecule has 0 saturated heterocycles. The van der Waals surface area contributed by atoms with Crippen LogP contribution in [0.25, 0.3) is 0 Å². The summed E-state index contributed by atoms with van der Waals surface area (Å²) in [6.45, 7) is 2.09. The van der Waals surface area contributed by atoms with Gasteiger partial charge in [0.2, 0.25) is 0 Å².